The Morgan fingerprint density at radius 3 is 2.61 bits per heavy atom. The lowest BCUT2D eigenvalue weighted by molar-refractivity contribution is -0.137. The molecule has 1 amide bonds. The maximum Gasteiger partial charge on any atom is 0.416 e. The number of carbonyl (C=O) groups excluding carboxylic acids is 1. The van der Waals surface area contributed by atoms with E-state index in [9.17, 15) is 33.0 Å². The van der Waals surface area contributed by atoms with Crippen molar-refractivity contribution < 1.29 is 32.9 Å². The van der Waals surface area contributed by atoms with Gasteiger partial charge in [-0.1, -0.05) is 13.0 Å². The Morgan fingerprint density at radius 2 is 1.92 bits per heavy atom. The van der Waals surface area contributed by atoms with Crippen LogP contribution in [-0.2, 0) is 23.9 Å². The molecular formula is C34H36F3N9O5. The third-order valence-electron chi connectivity index (χ3n) is 9.27. The van der Waals surface area contributed by atoms with Crippen LogP contribution in [-0.4, -0.2) is 95.2 Å². The molecule has 1 fully saturated rings. The predicted octanol–water partition coefficient (Wildman–Crippen LogP) is 3.33. The van der Waals surface area contributed by atoms with E-state index >= 15 is 0 Å². The number of hydrogen-bond acceptors (Lipinski definition) is 10. The standard InChI is InChI=1S/C34H36F3N9O5/c1-3-24-28(42-12-14-43(15-13-42)31(49)29-25(47)6-7-26-38-10-11-44(26)29)32(50)46-33(40-30(41-46)21-8-16-51-17-9-21)45(24)19-27(48)39-23-5-4-22(18-20(23)2)34(35,36)37/h4-8,10-11,18,27,39,47-48H,3,9,12-17,19H2,1-2H3. The fraction of sp³-hybridized carbons (Fsp3) is 0.382. The maximum atomic E-state index is 14.3. The summed E-state index contributed by atoms with van der Waals surface area (Å²) in [6, 6.07) is 6.28. The molecule has 0 aliphatic carbocycles. The van der Waals surface area contributed by atoms with Crippen molar-refractivity contribution in [3.63, 3.8) is 0 Å². The highest BCUT2D eigenvalue weighted by atomic mass is 19.4. The average molecular weight is 708 g/mol. The number of nitrogens with zero attached hydrogens (tertiary/aromatic N) is 8. The van der Waals surface area contributed by atoms with Gasteiger partial charge in [0.05, 0.1) is 25.3 Å². The number of amides is 1. The van der Waals surface area contributed by atoms with E-state index in [2.05, 4.69) is 15.4 Å². The number of pyridine rings is 1. The minimum Gasteiger partial charge on any atom is -0.506 e. The first-order chi connectivity index (χ1) is 24.4. The normalized spacial score (nSPS) is 16.2. The van der Waals surface area contributed by atoms with Crippen LogP contribution in [0.15, 0.2) is 53.6 Å². The van der Waals surface area contributed by atoms with Gasteiger partial charge < -0.3 is 34.6 Å². The molecule has 1 atom stereocenters. The van der Waals surface area contributed by atoms with Crippen LogP contribution < -0.4 is 15.8 Å². The molecule has 0 spiro atoms. The number of imidazole rings is 1. The molecule has 4 aromatic heterocycles. The minimum atomic E-state index is -4.50. The lowest BCUT2D eigenvalue weighted by atomic mass is 10.1. The number of aryl methyl sites for hydroxylation is 1. The second-order valence-corrected chi connectivity index (χ2v) is 12.5. The lowest BCUT2D eigenvalue weighted by Crippen LogP contribution is -2.51. The Kier molecular flexibility index (Phi) is 8.93. The predicted molar refractivity (Wildman–Crippen MR) is 181 cm³/mol. The zero-order valence-corrected chi connectivity index (χ0v) is 27.9. The van der Waals surface area contributed by atoms with Crippen LogP contribution in [0.5, 0.6) is 5.75 Å². The van der Waals surface area contributed by atoms with E-state index < -0.39 is 23.5 Å². The van der Waals surface area contributed by atoms with Crippen molar-refractivity contribution in [3.05, 3.63) is 87.5 Å². The van der Waals surface area contributed by atoms with Crippen molar-refractivity contribution in [3.8, 4) is 5.75 Å². The highest BCUT2D eigenvalue weighted by Crippen LogP contribution is 2.32. The number of benzene rings is 1. The topological polar surface area (TPSA) is 155 Å². The van der Waals surface area contributed by atoms with Crippen LogP contribution in [0.25, 0.3) is 17.0 Å². The zero-order valence-electron chi connectivity index (χ0n) is 27.9. The molecule has 17 heteroatoms. The lowest BCUT2D eigenvalue weighted by Gasteiger charge is -2.37. The van der Waals surface area contributed by atoms with E-state index in [1.807, 2.05) is 17.9 Å². The third kappa shape index (κ3) is 6.38. The first-order valence-electron chi connectivity index (χ1n) is 16.6. The molecule has 3 N–H and O–H groups in total. The molecule has 14 nitrogen and oxygen atoms in total. The summed E-state index contributed by atoms with van der Waals surface area (Å²) >= 11 is 0. The molecule has 1 aromatic carbocycles. The molecule has 7 rings (SSSR count). The first-order valence-corrected chi connectivity index (χ1v) is 16.6. The third-order valence-corrected chi connectivity index (χ3v) is 9.27. The number of hydrogen-bond donors (Lipinski definition) is 3. The molecule has 2 aliphatic heterocycles. The summed E-state index contributed by atoms with van der Waals surface area (Å²) in [6.07, 6.45) is 0.125. The number of alkyl halides is 3. The van der Waals surface area contributed by atoms with Crippen LogP contribution in [0.2, 0.25) is 0 Å². The molecule has 2 aliphatic rings. The Labute approximate surface area is 289 Å². The van der Waals surface area contributed by atoms with Crippen LogP contribution in [0.4, 0.5) is 24.5 Å². The van der Waals surface area contributed by atoms with Crippen LogP contribution in [0, 0.1) is 6.92 Å². The van der Waals surface area contributed by atoms with Crippen LogP contribution >= 0.6 is 0 Å². The molecule has 1 saturated heterocycles. The van der Waals surface area contributed by atoms with Crippen molar-refractivity contribution in [1.29, 1.82) is 0 Å². The van der Waals surface area contributed by atoms with E-state index in [-0.39, 0.29) is 55.9 Å². The number of halogens is 3. The number of anilines is 2. The maximum absolute atomic E-state index is 14.3. The molecule has 1 unspecified atom stereocenters. The van der Waals surface area contributed by atoms with Gasteiger partial charge in [-0.25, -0.2) is 4.98 Å². The summed E-state index contributed by atoms with van der Waals surface area (Å²) < 4.78 is 49.7. The van der Waals surface area contributed by atoms with Gasteiger partial charge in [-0.3, -0.25) is 14.0 Å². The van der Waals surface area contributed by atoms with E-state index in [1.165, 1.54) is 28.0 Å². The van der Waals surface area contributed by atoms with Gasteiger partial charge in [0.1, 0.15) is 23.3 Å². The van der Waals surface area contributed by atoms with Crippen molar-refractivity contribution in [2.24, 2.45) is 0 Å². The minimum absolute atomic E-state index is 0.0961. The number of carbonyl (C=O) groups is 1. The summed E-state index contributed by atoms with van der Waals surface area (Å²) in [7, 11) is 0. The van der Waals surface area contributed by atoms with Crippen molar-refractivity contribution in [2.75, 3.05) is 49.6 Å². The van der Waals surface area contributed by atoms with E-state index in [0.29, 0.717) is 60.2 Å². The van der Waals surface area contributed by atoms with Gasteiger partial charge in [0.2, 0.25) is 5.78 Å². The van der Waals surface area contributed by atoms with Crippen LogP contribution in [0.3, 0.4) is 0 Å². The number of aromatic hydroxyl groups is 1. The number of aliphatic hydroxyl groups excluding tert-OH is 1. The van der Waals surface area contributed by atoms with E-state index in [1.54, 1.807) is 27.9 Å². The summed E-state index contributed by atoms with van der Waals surface area (Å²) in [5, 5.41) is 29.4. The number of nitrogens with one attached hydrogen (secondary N) is 1. The summed E-state index contributed by atoms with van der Waals surface area (Å²) in [4.78, 5) is 40.3. The number of piperazine rings is 1. The van der Waals surface area contributed by atoms with Gasteiger partial charge in [-0.05, 0) is 61.2 Å². The zero-order chi connectivity index (χ0) is 36.0. The quantitative estimate of drug-likeness (QED) is 0.205. The molecule has 0 saturated carbocycles. The van der Waals surface area contributed by atoms with Crippen LogP contribution in [0.1, 0.15) is 46.5 Å². The molecule has 0 radical (unpaired) electrons. The first kappa shape index (κ1) is 34.0. The van der Waals surface area contributed by atoms with Gasteiger partial charge in [-0.15, -0.1) is 5.10 Å². The Bertz CT molecular complexity index is 2220. The van der Waals surface area contributed by atoms with E-state index in [0.717, 1.165) is 17.7 Å². The molecule has 268 valence electrons. The van der Waals surface area contributed by atoms with Crippen molar-refractivity contribution in [1.82, 2.24) is 33.4 Å². The monoisotopic (exact) mass is 707 g/mol. The van der Waals surface area contributed by atoms with Gasteiger partial charge in [-0.2, -0.15) is 22.7 Å². The van der Waals surface area contributed by atoms with Crippen molar-refractivity contribution in [2.45, 2.75) is 45.6 Å². The Hall–Kier alpha value is -5.42. The summed E-state index contributed by atoms with van der Waals surface area (Å²) in [5.41, 5.74) is 1.75. The number of ether oxygens (including phenoxy) is 1. The number of aliphatic hydroxyl groups is 1. The fourth-order valence-electron chi connectivity index (χ4n) is 6.70. The van der Waals surface area contributed by atoms with Gasteiger partial charge in [0.15, 0.2) is 11.5 Å². The smallest absolute Gasteiger partial charge is 0.416 e. The highest BCUT2D eigenvalue weighted by molar-refractivity contribution is 5.96. The van der Waals surface area contributed by atoms with Gasteiger partial charge in [0.25, 0.3) is 11.5 Å². The fourth-order valence-corrected chi connectivity index (χ4v) is 6.70. The molecule has 5 aromatic rings. The number of aromatic nitrogens is 6. The summed E-state index contributed by atoms with van der Waals surface area (Å²) in [5.74, 6) is 0.00606. The average Bonchev–Trinajstić information content (AvgIpc) is 3.78. The second-order valence-electron chi connectivity index (χ2n) is 12.5. The second kappa shape index (κ2) is 13.4. The van der Waals surface area contributed by atoms with Crippen molar-refractivity contribution >= 4 is 34.3 Å². The van der Waals surface area contributed by atoms with E-state index in [4.69, 9.17) is 9.72 Å². The van der Waals surface area contributed by atoms with Gasteiger partial charge in [0, 0.05) is 50.0 Å². The molecule has 0 bridgehead atoms. The van der Waals surface area contributed by atoms with Gasteiger partial charge >= 0.3 is 6.18 Å². The highest BCUT2D eigenvalue weighted by Gasteiger charge is 2.32. The SMILES string of the molecule is CCc1c(N2CCN(C(=O)c3c(O)ccc4nccn34)CC2)c(=O)n2nc(C3=CCOCC3)nc2n1CC(O)Nc1ccc(C(F)(F)F)cc1C. The summed E-state index contributed by atoms with van der Waals surface area (Å²) in [6.45, 7) is 5.20. The Morgan fingerprint density at radius 1 is 1.14 bits per heavy atom. The molecule has 6 heterocycles. The largest absolute Gasteiger partial charge is 0.506 e. The molecule has 51 heavy (non-hydrogen) atoms. The molecular weight excluding hydrogens is 671 g/mol. The Balaban J connectivity index is 1.22. The number of rotatable bonds is 8. The number of fused-ring (bicyclic) bond motifs is 2.